The van der Waals surface area contributed by atoms with E-state index in [9.17, 15) is 0 Å². The number of hydrogen-bond acceptors (Lipinski definition) is 1. The molecule has 2 nitrogen and oxygen atoms in total. The lowest BCUT2D eigenvalue weighted by Crippen LogP contribution is -1.88. The molecule has 3 rings (SSSR count). The van der Waals surface area contributed by atoms with E-state index in [1.807, 2.05) is 61.8 Å². The van der Waals surface area contributed by atoms with E-state index in [1.54, 1.807) is 0 Å². The number of aryl methyl sites for hydroxylation is 1. The van der Waals surface area contributed by atoms with E-state index >= 15 is 0 Å². The zero-order valence-corrected chi connectivity index (χ0v) is 12.5. The second-order valence-corrected chi connectivity index (χ2v) is 5.29. The number of benzene rings is 2. The summed E-state index contributed by atoms with van der Waals surface area (Å²) >= 11 is 6.10. The topological polar surface area (TPSA) is 17.3 Å². The third-order valence-electron chi connectivity index (χ3n) is 3.29. The number of hydrogen-bond donors (Lipinski definition) is 0. The van der Waals surface area contributed by atoms with Crippen LogP contribution in [0.3, 0.4) is 0 Å². The molecule has 3 aromatic rings. The molecular weight excluding hydrogens is 280 g/mol. The Morgan fingerprint density at radius 3 is 2.62 bits per heavy atom. The maximum Gasteiger partial charge on any atom is 0.0644 e. The van der Waals surface area contributed by atoms with Crippen LogP contribution in [0.25, 0.3) is 5.69 Å². The van der Waals surface area contributed by atoms with Crippen LogP contribution in [0.5, 0.6) is 0 Å². The number of aromatic nitrogens is 1. The van der Waals surface area contributed by atoms with Crippen molar-refractivity contribution in [2.24, 2.45) is 4.99 Å². The van der Waals surface area contributed by atoms with Crippen molar-refractivity contribution in [2.45, 2.75) is 6.92 Å². The standard InChI is InChI=1S/C18H15ClN2/c1-14-7-8-16(11-18(14)19)20-12-15-9-10-21(13-15)17-5-3-2-4-6-17/h2-13H,1H3. The Balaban J connectivity index is 1.81. The van der Waals surface area contributed by atoms with Crippen molar-refractivity contribution in [1.29, 1.82) is 0 Å². The Morgan fingerprint density at radius 1 is 1.05 bits per heavy atom. The number of rotatable bonds is 3. The Bertz CT molecular complexity index is 773. The molecule has 0 saturated heterocycles. The minimum atomic E-state index is 0.742. The fourth-order valence-electron chi connectivity index (χ4n) is 2.06. The van der Waals surface area contributed by atoms with E-state index in [0.29, 0.717) is 0 Å². The van der Waals surface area contributed by atoms with Crippen LogP contribution >= 0.6 is 11.6 Å². The van der Waals surface area contributed by atoms with Gasteiger partial charge in [0.1, 0.15) is 0 Å². The molecule has 0 fully saturated rings. The van der Waals surface area contributed by atoms with Crippen LogP contribution in [0.2, 0.25) is 5.02 Å². The normalized spacial score (nSPS) is 11.1. The van der Waals surface area contributed by atoms with E-state index in [2.05, 4.69) is 27.9 Å². The Morgan fingerprint density at radius 2 is 1.86 bits per heavy atom. The molecule has 0 N–H and O–H groups in total. The lowest BCUT2D eigenvalue weighted by atomic mass is 10.2. The summed E-state index contributed by atoms with van der Waals surface area (Å²) in [6, 6.07) is 18.1. The average Bonchev–Trinajstić information content (AvgIpc) is 2.98. The van der Waals surface area contributed by atoms with Crippen molar-refractivity contribution >= 4 is 23.5 Å². The van der Waals surface area contributed by atoms with Crippen LogP contribution in [0.1, 0.15) is 11.1 Å². The lowest BCUT2D eigenvalue weighted by molar-refractivity contribution is 1.08. The first-order valence-corrected chi connectivity index (χ1v) is 7.14. The van der Waals surface area contributed by atoms with Crippen molar-refractivity contribution in [3.63, 3.8) is 0 Å². The number of aliphatic imine (C=N–C) groups is 1. The highest BCUT2D eigenvalue weighted by Crippen LogP contribution is 2.22. The van der Waals surface area contributed by atoms with Gasteiger partial charge < -0.3 is 4.57 Å². The summed E-state index contributed by atoms with van der Waals surface area (Å²) in [5, 5.41) is 0.742. The SMILES string of the molecule is Cc1ccc(N=Cc2ccn(-c3ccccc3)c2)cc1Cl. The molecule has 0 aliphatic heterocycles. The van der Waals surface area contributed by atoms with Gasteiger partial charge in [-0.1, -0.05) is 35.9 Å². The maximum absolute atomic E-state index is 6.10. The highest BCUT2D eigenvalue weighted by Gasteiger charge is 1.98. The van der Waals surface area contributed by atoms with Gasteiger partial charge in [-0.15, -0.1) is 0 Å². The predicted octanol–water partition coefficient (Wildman–Crippen LogP) is 5.19. The van der Waals surface area contributed by atoms with Gasteiger partial charge in [0.05, 0.1) is 5.69 Å². The van der Waals surface area contributed by atoms with E-state index in [0.717, 1.165) is 27.5 Å². The summed E-state index contributed by atoms with van der Waals surface area (Å²) in [5.74, 6) is 0. The molecule has 0 unspecified atom stereocenters. The van der Waals surface area contributed by atoms with Crippen LogP contribution < -0.4 is 0 Å². The van der Waals surface area contributed by atoms with Gasteiger partial charge in [0.25, 0.3) is 0 Å². The summed E-state index contributed by atoms with van der Waals surface area (Å²) < 4.78 is 2.07. The van der Waals surface area contributed by atoms with Crippen LogP contribution in [0, 0.1) is 6.92 Å². The summed E-state index contributed by atoms with van der Waals surface area (Å²) in [6.45, 7) is 1.98. The first kappa shape index (κ1) is 13.7. The van der Waals surface area contributed by atoms with Crippen LogP contribution in [-0.4, -0.2) is 10.8 Å². The van der Waals surface area contributed by atoms with Crippen LogP contribution in [0.4, 0.5) is 5.69 Å². The van der Waals surface area contributed by atoms with Crippen LogP contribution in [-0.2, 0) is 0 Å². The number of para-hydroxylation sites is 1. The average molecular weight is 295 g/mol. The highest BCUT2D eigenvalue weighted by atomic mass is 35.5. The quantitative estimate of drug-likeness (QED) is 0.592. The first-order chi connectivity index (χ1) is 10.2. The maximum atomic E-state index is 6.10. The second kappa shape index (κ2) is 5.98. The molecule has 1 aromatic heterocycles. The fourth-order valence-corrected chi connectivity index (χ4v) is 2.24. The smallest absolute Gasteiger partial charge is 0.0644 e. The van der Waals surface area contributed by atoms with Crippen molar-refractivity contribution in [1.82, 2.24) is 4.57 Å². The monoisotopic (exact) mass is 294 g/mol. The zero-order valence-electron chi connectivity index (χ0n) is 11.7. The third kappa shape index (κ3) is 3.23. The zero-order chi connectivity index (χ0) is 14.7. The molecule has 3 heteroatoms. The van der Waals surface area contributed by atoms with Crippen LogP contribution in [0.15, 0.2) is 72.0 Å². The minimum absolute atomic E-state index is 0.742. The largest absolute Gasteiger partial charge is 0.323 e. The summed E-state index contributed by atoms with van der Waals surface area (Å²) in [4.78, 5) is 4.46. The van der Waals surface area contributed by atoms with Crippen molar-refractivity contribution in [3.8, 4) is 5.69 Å². The van der Waals surface area contributed by atoms with Gasteiger partial charge in [-0.25, -0.2) is 0 Å². The van der Waals surface area contributed by atoms with E-state index in [1.165, 1.54) is 0 Å². The number of nitrogens with zero attached hydrogens (tertiary/aromatic N) is 2. The minimum Gasteiger partial charge on any atom is -0.323 e. The van der Waals surface area contributed by atoms with Gasteiger partial charge in [0.15, 0.2) is 0 Å². The Kier molecular flexibility index (Phi) is 3.89. The molecule has 21 heavy (non-hydrogen) atoms. The fraction of sp³-hybridized carbons (Fsp3) is 0.0556. The van der Waals surface area contributed by atoms with Gasteiger partial charge in [0, 0.05) is 34.9 Å². The summed E-state index contributed by atoms with van der Waals surface area (Å²) in [7, 11) is 0. The van der Waals surface area contributed by atoms with Gasteiger partial charge >= 0.3 is 0 Å². The molecule has 0 aliphatic rings. The molecule has 1 heterocycles. The molecule has 104 valence electrons. The van der Waals surface area contributed by atoms with E-state index in [-0.39, 0.29) is 0 Å². The van der Waals surface area contributed by atoms with Gasteiger partial charge in [0.2, 0.25) is 0 Å². The van der Waals surface area contributed by atoms with Gasteiger partial charge in [-0.3, -0.25) is 4.99 Å². The highest BCUT2D eigenvalue weighted by molar-refractivity contribution is 6.31. The molecule has 0 bridgehead atoms. The number of halogens is 1. The summed E-state index contributed by atoms with van der Waals surface area (Å²) in [5.41, 5.74) is 4.11. The first-order valence-electron chi connectivity index (χ1n) is 6.76. The molecule has 0 saturated carbocycles. The molecule has 0 atom stereocenters. The molecule has 0 radical (unpaired) electrons. The molecule has 0 aliphatic carbocycles. The van der Waals surface area contributed by atoms with Gasteiger partial charge in [-0.2, -0.15) is 0 Å². The summed E-state index contributed by atoms with van der Waals surface area (Å²) in [6.07, 6.45) is 5.92. The van der Waals surface area contributed by atoms with E-state index in [4.69, 9.17) is 11.6 Å². The van der Waals surface area contributed by atoms with Crippen molar-refractivity contribution < 1.29 is 0 Å². The lowest BCUT2D eigenvalue weighted by Gasteiger charge is -2.00. The second-order valence-electron chi connectivity index (χ2n) is 4.88. The Hall–Kier alpha value is -2.32. The van der Waals surface area contributed by atoms with Gasteiger partial charge in [-0.05, 0) is 42.8 Å². The molecule has 2 aromatic carbocycles. The Labute approximate surface area is 129 Å². The predicted molar refractivity (Wildman–Crippen MR) is 89.2 cm³/mol. The van der Waals surface area contributed by atoms with Crippen molar-refractivity contribution in [2.75, 3.05) is 0 Å². The van der Waals surface area contributed by atoms with E-state index < -0.39 is 0 Å². The molecular formula is C18H15ClN2. The molecule has 0 amide bonds. The molecule has 0 spiro atoms. The third-order valence-corrected chi connectivity index (χ3v) is 3.70. The van der Waals surface area contributed by atoms with Crippen molar-refractivity contribution in [3.05, 3.63) is 83.1 Å².